The second-order valence-electron chi connectivity index (χ2n) is 6.92. The van der Waals surface area contributed by atoms with Crippen LogP contribution in [-0.2, 0) is 0 Å². The number of hydrogen-bond donors (Lipinski definition) is 1. The maximum Gasteiger partial charge on any atom is 0.269 e. The van der Waals surface area contributed by atoms with Crippen LogP contribution in [0.2, 0.25) is 0 Å². The maximum atomic E-state index is 12.4. The Kier molecular flexibility index (Phi) is 5.14. The molecule has 1 amide bonds. The van der Waals surface area contributed by atoms with Crippen molar-refractivity contribution < 1.29 is 9.72 Å². The first-order chi connectivity index (χ1) is 11.6. The predicted molar refractivity (Wildman–Crippen MR) is 92.0 cm³/mol. The molecule has 1 N–H and O–H groups in total. The van der Waals surface area contributed by atoms with Crippen molar-refractivity contribution in [2.45, 2.75) is 63.6 Å². The molecule has 1 aromatic rings. The summed E-state index contributed by atoms with van der Waals surface area (Å²) in [5.74, 6) is -0.128. The number of amides is 1. The molecule has 2 bridgehead atoms. The van der Waals surface area contributed by atoms with E-state index in [1.54, 1.807) is 0 Å². The van der Waals surface area contributed by atoms with E-state index in [0.29, 0.717) is 17.6 Å². The number of nitrogens with one attached hydrogen (secondary N) is 1. The van der Waals surface area contributed by atoms with Crippen LogP contribution in [0.25, 0.3) is 0 Å². The van der Waals surface area contributed by atoms with Crippen molar-refractivity contribution in [3.63, 3.8) is 0 Å². The van der Waals surface area contributed by atoms with E-state index in [4.69, 9.17) is 0 Å². The van der Waals surface area contributed by atoms with E-state index in [1.165, 1.54) is 49.9 Å². The van der Waals surface area contributed by atoms with Crippen molar-refractivity contribution >= 4 is 11.6 Å². The molecule has 2 aliphatic rings. The van der Waals surface area contributed by atoms with Gasteiger partial charge in [-0.1, -0.05) is 13.3 Å². The highest BCUT2D eigenvalue weighted by atomic mass is 16.6. The van der Waals surface area contributed by atoms with Crippen molar-refractivity contribution in [2.75, 3.05) is 6.54 Å². The molecule has 24 heavy (non-hydrogen) atoms. The molecule has 6 heteroatoms. The molecule has 3 rings (SSSR count). The third-order valence-corrected chi connectivity index (χ3v) is 5.28. The van der Waals surface area contributed by atoms with Gasteiger partial charge in [0.2, 0.25) is 0 Å². The third kappa shape index (κ3) is 3.59. The Morgan fingerprint density at radius 3 is 2.42 bits per heavy atom. The molecule has 2 fully saturated rings. The van der Waals surface area contributed by atoms with Crippen LogP contribution in [0.1, 0.15) is 55.8 Å². The topological polar surface area (TPSA) is 75.5 Å². The van der Waals surface area contributed by atoms with E-state index in [2.05, 4.69) is 17.1 Å². The fourth-order valence-electron chi connectivity index (χ4n) is 4.22. The summed E-state index contributed by atoms with van der Waals surface area (Å²) < 4.78 is 0. The molecule has 0 saturated carbocycles. The van der Waals surface area contributed by atoms with Gasteiger partial charge in [0.15, 0.2) is 0 Å². The molecule has 0 radical (unpaired) electrons. The lowest BCUT2D eigenvalue weighted by Crippen LogP contribution is -2.57. The first kappa shape index (κ1) is 16.9. The minimum atomic E-state index is -0.452. The molecule has 2 saturated heterocycles. The Balaban J connectivity index is 1.62. The van der Waals surface area contributed by atoms with Crippen molar-refractivity contribution in [3.8, 4) is 0 Å². The van der Waals surface area contributed by atoms with Crippen LogP contribution >= 0.6 is 0 Å². The van der Waals surface area contributed by atoms with Gasteiger partial charge in [-0.15, -0.1) is 0 Å². The fourth-order valence-corrected chi connectivity index (χ4v) is 4.22. The van der Waals surface area contributed by atoms with Gasteiger partial charge in [-0.05, 0) is 50.8 Å². The second-order valence-corrected chi connectivity index (χ2v) is 6.92. The summed E-state index contributed by atoms with van der Waals surface area (Å²) in [5.41, 5.74) is 0.496. The molecular weight excluding hydrogens is 306 g/mol. The van der Waals surface area contributed by atoms with Crippen molar-refractivity contribution in [2.24, 2.45) is 0 Å². The minimum Gasteiger partial charge on any atom is -0.349 e. The number of carbonyl (C=O) groups excluding carboxylic acids is 1. The van der Waals surface area contributed by atoms with Crippen LogP contribution in [0, 0.1) is 10.1 Å². The van der Waals surface area contributed by atoms with Gasteiger partial charge in [0.05, 0.1) is 4.92 Å². The normalized spacial score (nSPS) is 26.8. The summed E-state index contributed by atoms with van der Waals surface area (Å²) in [6.07, 6.45) is 6.93. The lowest BCUT2D eigenvalue weighted by atomic mass is 9.81. The zero-order valence-electron chi connectivity index (χ0n) is 14.1. The van der Waals surface area contributed by atoms with Crippen LogP contribution in [-0.4, -0.2) is 40.4 Å². The first-order valence-corrected chi connectivity index (χ1v) is 8.89. The van der Waals surface area contributed by atoms with Crippen molar-refractivity contribution in [3.05, 3.63) is 39.9 Å². The lowest BCUT2D eigenvalue weighted by Gasteiger charge is -2.49. The summed E-state index contributed by atoms with van der Waals surface area (Å²) in [4.78, 5) is 25.3. The zero-order chi connectivity index (χ0) is 17.1. The summed E-state index contributed by atoms with van der Waals surface area (Å²) in [5, 5.41) is 13.8. The summed E-state index contributed by atoms with van der Waals surface area (Å²) in [7, 11) is 0. The van der Waals surface area contributed by atoms with Crippen LogP contribution in [0.3, 0.4) is 0 Å². The number of nitro groups is 1. The van der Waals surface area contributed by atoms with E-state index >= 15 is 0 Å². The van der Waals surface area contributed by atoms with E-state index in [1.807, 2.05) is 0 Å². The Bertz CT molecular complexity index is 588. The molecule has 1 aromatic carbocycles. The quantitative estimate of drug-likeness (QED) is 0.664. The van der Waals surface area contributed by atoms with Crippen LogP contribution in [0.5, 0.6) is 0 Å². The van der Waals surface area contributed by atoms with Gasteiger partial charge in [-0.2, -0.15) is 0 Å². The van der Waals surface area contributed by atoms with Gasteiger partial charge in [0.1, 0.15) is 0 Å². The molecule has 2 heterocycles. The van der Waals surface area contributed by atoms with E-state index in [0.717, 1.165) is 19.4 Å². The lowest BCUT2D eigenvalue weighted by molar-refractivity contribution is -0.384. The highest BCUT2D eigenvalue weighted by Crippen LogP contribution is 2.34. The zero-order valence-corrected chi connectivity index (χ0v) is 14.1. The average molecular weight is 331 g/mol. The standard InChI is InChI=1S/C18H25N3O3/c1-2-10-20-16-4-3-5-17(20)12-14(11-16)19-18(22)13-6-8-15(9-7-13)21(23)24/h6-9,14,16-17H,2-5,10-12H2,1H3,(H,19,22). The van der Waals surface area contributed by atoms with E-state index in [-0.39, 0.29) is 17.6 Å². The van der Waals surface area contributed by atoms with Gasteiger partial charge in [-0.25, -0.2) is 0 Å². The third-order valence-electron chi connectivity index (χ3n) is 5.28. The van der Waals surface area contributed by atoms with Gasteiger partial charge in [0, 0.05) is 35.8 Å². The van der Waals surface area contributed by atoms with Crippen molar-refractivity contribution in [1.29, 1.82) is 0 Å². The number of nitrogens with zero attached hydrogens (tertiary/aromatic N) is 2. The predicted octanol–water partition coefficient (Wildman–Crippen LogP) is 3.12. The highest BCUT2D eigenvalue weighted by Gasteiger charge is 2.38. The maximum absolute atomic E-state index is 12.4. The number of hydrogen-bond acceptors (Lipinski definition) is 4. The molecular formula is C18H25N3O3. The van der Waals surface area contributed by atoms with Gasteiger partial charge in [-0.3, -0.25) is 19.8 Å². The second kappa shape index (κ2) is 7.30. The Labute approximate surface area is 142 Å². The summed E-state index contributed by atoms with van der Waals surface area (Å²) in [6, 6.07) is 7.19. The fraction of sp³-hybridized carbons (Fsp3) is 0.611. The van der Waals surface area contributed by atoms with Gasteiger partial charge < -0.3 is 5.32 Å². The number of benzene rings is 1. The first-order valence-electron chi connectivity index (χ1n) is 8.89. The SMILES string of the molecule is CCCN1C2CCCC1CC(NC(=O)c1ccc([N+](=O)[O-])cc1)C2. The van der Waals surface area contributed by atoms with E-state index < -0.39 is 4.92 Å². The van der Waals surface area contributed by atoms with Crippen LogP contribution in [0.15, 0.2) is 24.3 Å². The number of piperidine rings is 2. The molecule has 2 aliphatic heterocycles. The van der Waals surface area contributed by atoms with Crippen LogP contribution in [0.4, 0.5) is 5.69 Å². The molecule has 130 valence electrons. The number of fused-ring (bicyclic) bond motifs is 2. The molecule has 0 aromatic heterocycles. The summed E-state index contributed by atoms with van der Waals surface area (Å²) >= 11 is 0. The Morgan fingerprint density at radius 2 is 1.88 bits per heavy atom. The van der Waals surface area contributed by atoms with Gasteiger partial charge in [0.25, 0.3) is 11.6 Å². The molecule has 0 aliphatic carbocycles. The number of rotatable bonds is 5. The monoisotopic (exact) mass is 331 g/mol. The van der Waals surface area contributed by atoms with Gasteiger partial charge >= 0.3 is 0 Å². The number of non-ortho nitro benzene ring substituents is 1. The highest BCUT2D eigenvalue weighted by molar-refractivity contribution is 5.94. The Morgan fingerprint density at radius 1 is 1.25 bits per heavy atom. The largest absolute Gasteiger partial charge is 0.349 e. The minimum absolute atomic E-state index is 0.00829. The number of carbonyl (C=O) groups is 1. The molecule has 2 atom stereocenters. The molecule has 6 nitrogen and oxygen atoms in total. The summed E-state index contributed by atoms with van der Waals surface area (Å²) in [6.45, 7) is 3.37. The molecule has 0 spiro atoms. The van der Waals surface area contributed by atoms with Crippen molar-refractivity contribution in [1.82, 2.24) is 10.2 Å². The number of nitro benzene ring substituents is 1. The Hall–Kier alpha value is -1.95. The van der Waals surface area contributed by atoms with Crippen LogP contribution < -0.4 is 5.32 Å². The molecule has 2 unspecified atom stereocenters. The van der Waals surface area contributed by atoms with E-state index in [9.17, 15) is 14.9 Å². The average Bonchev–Trinajstić information content (AvgIpc) is 2.55. The smallest absolute Gasteiger partial charge is 0.269 e.